The Kier molecular flexibility index (Phi) is 20.0. The average molecular weight is 325 g/mol. The normalized spacial score (nSPS) is 12.7. The second kappa shape index (κ2) is 20.0. The summed E-state index contributed by atoms with van der Waals surface area (Å²) in [5, 5.41) is 0. The lowest BCUT2D eigenvalue weighted by Gasteiger charge is -2.10. The SMILES string of the molecule is CCCCCCCCCCCCCCCCC(C)CCCCC. The van der Waals surface area contributed by atoms with E-state index >= 15 is 0 Å². The van der Waals surface area contributed by atoms with E-state index in [1.165, 1.54) is 122 Å². The maximum atomic E-state index is 2.46. The highest BCUT2D eigenvalue weighted by atomic mass is 14.1. The maximum Gasteiger partial charge on any atom is -0.0443 e. The zero-order chi connectivity index (χ0) is 17.0. The van der Waals surface area contributed by atoms with Crippen LogP contribution in [0, 0.1) is 5.92 Å². The van der Waals surface area contributed by atoms with Crippen LogP contribution >= 0.6 is 0 Å². The molecule has 0 saturated carbocycles. The summed E-state index contributed by atoms with van der Waals surface area (Å²) in [6, 6.07) is 0. The van der Waals surface area contributed by atoms with Crippen LogP contribution in [0.5, 0.6) is 0 Å². The molecule has 23 heavy (non-hydrogen) atoms. The third-order valence-corrected chi connectivity index (χ3v) is 5.35. The number of hydrogen-bond acceptors (Lipinski definition) is 0. The van der Waals surface area contributed by atoms with Gasteiger partial charge in [0.15, 0.2) is 0 Å². The van der Waals surface area contributed by atoms with E-state index < -0.39 is 0 Å². The molecule has 0 aromatic carbocycles. The standard InChI is InChI=1S/C23H48/c1-4-6-8-9-10-11-12-13-14-15-16-17-18-20-22-23(3)21-19-7-5-2/h23H,4-22H2,1-3H3. The molecule has 1 atom stereocenters. The third-order valence-electron chi connectivity index (χ3n) is 5.35. The summed E-state index contributed by atoms with van der Waals surface area (Å²) >= 11 is 0. The Hall–Kier alpha value is 0. The molecule has 0 amide bonds. The first-order chi connectivity index (χ1) is 11.3. The van der Waals surface area contributed by atoms with Crippen LogP contribution in [-0.2, 0) is 0 Å². The van der Waals surface area contributed by atoms with E-state index in [-0.39, 0.29) is 0 Å². The molecular weight excluding hydrogens is 276 g/mol. The smallest absolute Gasteiger partial charge is 0.0443 e. The minimum Gasteiger partial charge on any atom is -0.0654 e. The van der Waals surface area contributed by atoms with Gasteiger partial charge in [0.05, 0.1) is 0 Å². The molecule has 140 valence electrons. The first-order valence-corrected chi connectivity index (χ1v) is 11.3. The van der Waals surface area contributed by atoms with Crippen LogP contribution in [0.2, 0.25) is 0 Å². The van der Waals surface area contributed by atoms with Crippen molar-refractivity contribution in [3.63, 3.8) is 0 Å². The summed E-state index contributed by atoms with van der Waals surface area (Å²) in [6.45, 7) is 7.06. The van der Waals surface area contributed by atoms with Gasteiger partial charge < -0.3 is 0 Å². The van der Waals surface area contributed by atoms with E-state index in [0.717, 1.165) is 5.92 Å². The molecule has 0 heterocycles. The molecular formula is C23H48. The summed E-state index contributed by atoms with van der Waals surface area (Å²) in [7, 11) is 0. The van der Waals surface area contributed by atoms with Gasteiger partial charge in [-0.15, -0.1) is 0 Å². The first-order valence-electron chi connectivity index (χ1n) is 11.3. The monoisotopic (exact) mass is 324 g/mol. The summed E-state index contributed by atoms with van der Waals surface area (Å²) in [5.41, 5.74) is 0. The molecule has 0 bridgehead atoms. The molecule has 0 heteroatoms. The van der Waals surface area contributed by atoms with E-state index in [0.29, 0.717) is 0 Å². The number of hydrogen-bond donors (Lipinski definition) is 0. The minimum atomic E-state index is 0.971. The van der Waals surface area contributed by atoms with E-state index in [4.69, 9.17) is 0 Å². The summed E-state index contributed by atoms with van der Waals surface area (Å²) in [5.74, 6) is 0.971. The molecule has 0 fully saturated rings. The maximum absolute atomic E-state index is 2.46. The third kappa shape index (κ3) is 20.0. The first kappa shape index (κ1) is 23.0. The van der Waals surface area contributed by atoms with Gasteiger partial charge in [0.25, 0.3) is 0 Å². The van der Waals surface area contributed by atoms with E-state index in [1.54, 1.807) is 0 Å². The lowest BCUT2D eigenvalue weighted by molar-refractivity contribution is 0.435. The number of rotatable bonds is 19. The summed E-state index contributed by atoms with van der Waals surface area (Å²) in [4.78, 5) is 0. The molecule has 1 unspecified atom stereocenters. The summed E-state index contributed by atoms with van der Waals surface area (Å²) in [6.07, 6.45) is 27.8. The quantitative estimate of drug-likeness (QED) is 0.208. The van der Waals surface area contributed by atoms with Crippen LogP contribution in [0.25, 0.3) is 0 Å². The zero-order valence-electron chi connectivity index (χ0n) is 17.0. The van der Waals surface area contributed by atoms with Crippen molar-refractivity contribution in [2.45, 2.75) is 143 Å². The van der Waals surface area contributed by atoms with Crippen molar-refractivity contribution in [1.82, 2.24) is 0 Å². The van der Waals surface area contributed by atoms with E-state index in [9.17, 15) is 0 Å². The zero-order valence-corrected chi connectivity index (χ0v) is 17.0. The van der Waals surface area contributed by atoms with E-state index in [2.05, 4.69) is 20.8 Å². The fraction of sp³-hybridized carbons (Fsp3) is 1.00. The highest BCUT2D eigenvalue weighted by Gasteiger charge is 2.01. The van der Waals surface area contributed by atoms with Gasteiger partial charge >= 0.3 is 0 Å². The van der Waals surface area contributed by atoms with Crippen LogP contribution in [0.15, 0.2) is 0 Å². The molecule has 0 aromatic rings. The van der Waals surface area contributed by atoms with Crippen molar-refractivity contribution in [1.29, 1.82) is 0 Å². The van der Waals surface area contributed by atoms with Gasteiger partial charge in [0, 0.05) is 0 Å². The molecule has 0 saturated heterocycles. The molecule has 0 N–H and O–H groups in total. The minimum absolute atomic E-state index is 0.971. The Morgan fingerprint density at radius 1 is 0.391 bits per heavy atom. The molecule has 0 spiro atoms. The topological polar surface area (TPSA) is 0 Å². The van der Waals surface area contributed by atoms with Gasteiger partial charge in [0.1, 0.15) is 0 Å². The molecule has 0 nitrogen and oxygen atoms in total. The molecule has 0 radical (unpaired) electrons. The number of unbranched alkanes of at least 4 members (excludes halogenated alkanes) is 15. The van der Waals surface area contributed by atoms with Gasteiger partial charge in [-0.2, -0.15) is 0 Å². The van der Waals surface area contributed by atoms with E-state index in [1.807, 2.05) is 0 Å². The Bertz CT molecular complexity index is 196. The Balaban J connectivity index is 3.05. The van der Waals surface area contributed by atoms with Gasteiger partial charge in [-0.3, -0.25) is 0 Å². The van der Waals surface area contributed by atoms with Crippen LogP contribution in [-0.4, -0.2) is 0 Å². The Morgan fingerprint density at radius 2 is 0.652 bits per heavy atom. The van der Waals surface area contributed by atoms with Crippen molar-refractivity contribution in [3.05, 3.63) is 0 Å². The predicted molar refractivity (Wildman–Crippen MR) is 108 cm³/mol. The molecule has 0 aromatic heterocycles. The highest BCUT2D eigenvalue weighted by Crippen LogP contribution is 2.18. The summed E-state index contributed by atoms with van der Waals surface area (Å²) < 4.78 is 0. The van der Waals surface area contributed by atoms with Gasteiger partial charge in [-0.25, -0.2) is 0 Å². The van der Waals surface area contributed by atoms with Gasteiger partial charge in [-0.05, 0) is 5.92 Å². The van der Waals surface area contributed by atoms with Crippen LogP contribution < -0.4 is 0 Å². The molecule has 0 aliphatic carbocycles. The Labute approximate surface area is 149 Å². The molecule has 0 rings (SSSR count). The van der Waals surface area contributed by atoms with Crippen molar-refractivity contribution in [2.24, 2.45) is 5.92 Å². The fourth-order valence-electron chi connectivity index (χ4n) is 3.57. The van der Waals surface area contributed by atoms with Gasteiger partial charge in [0.2, 0.25) is 0 Å². The van der Waals surface area contributed by atoms with Crippen molar-refractivity contribution < 1.29 is 0 Å². The van der Waals surface area contributed by atoms with Crippen molar-refractivity contribution >= 4 is 0 Å². The second-order valence-corrected chi connectivity index (χ2v) is 7.99. The average Bonchev–Trinajstić information content (AvgIpc) is 2.55. The van der Waals surface area contributed by atoms with Gasteiger partial charge in [-0.1, -0.05) is 143 Å². The van der Waals surface area contributed by atoms with Crippen molar-refractivity contribution in [3.8, 4) is 0 Å². The lowest BCUT2D eigenvalue weighted by atomic mass is 9.96. The Morgan fingerprint density at radius 3 is 1.04 bits per heavy atom. The molecule has 0 aliphatic rings. The van der Waals surface area contributed by atoms with Crippen LogP contribution in [0.3, 0.4) is 0 Å². The highest BCUT2D eigenvalue weighted by molar-refractivity contribution is 4.55. The lowest BCUT2D eigenvalue weighted by Crippen LogP contribution is -1.94. The van der Waals surface area contributed by atoms with Crippen LogP contribution in [0.1, 0.15) is 143 Å². The predicted octanol–water partition coefficient (Wildman–Crippen LogP) is 9.07. The largest absolute Gasteiger partial charge is 0.0654 e. The van der Waals surface area contributed by atoms with Crippen LogP contribution in [0.4, 0.5) is 0 Å². The molecule has 0 aliphatic heterocycles. The fourth-order valence-corrected chi connectivity index (χ4v) is 3.57. The second-order valence-electron chi connectivity index (χ2n) is 7.99. The van der Waals surface area contributed by atoms with Crippen molar-refractivity contribution in [2.75, 3.05) is 0 Å².